The molecule has 0 saturated carbocycles. The van der Waals surface area contributed by atoms with Crippen LogP contribution >= 0.6 is 12.6 Å². The second-order valence-corrected chi connectivity index (χ2v) is 5.80. The topological polar surface area (TPSA) is 29.3 Å². The van der Waals surface area contributed by atoms with E-state index in [-0.39, 0.29) is 0 Å². The molecule has 0 aromatic heterocycles. The number of hydrogen-bond acceptors (Lipinski definition) is 3. The van der Waals surface area contributed by atoms with Gasteiger partial charge in [0.25, 0.3) is 0 Å². The van der Waals surface area contributed by atoms with Gasteiger partial charge in [0.05, 0.1) is 0 Å². The van der Waals surface area contributed by atoms with Gasteiger partial charge in [-0.15, -0.1) is 0 Å². The van der Waals surface area contributed by atoms with Crippen molar-refractivity contribution in [2.24, 2.45) is 5.73 Å². The summed E-state index contributed by atoms with van der Waals surface area (Å²) in [5.74, 6) is 1.05. The van der Waals surface area contributed by atoms with Gasteiger partial charge in [-0.05, 0) is 32.2 Å². The van der Waals surface area contributed by atoms with Crippen molar-refractivity contribution >= 4 is 12.6 Å². The second kappa shape index (κ2) is 15.3. The third kappa shape index (κ3) is 14.3. The summed E-state index contributed by atoms with van der Waals surface area (Å²) in [4.78, 5) is 2.33. The zero-order chi connectivity index (χ0) is 13.5. The molecule has 0 fully saturated rings. The van der Waals surface area contributed by atoms with Crippen LogP contribution in [0.2, 0.25) is 0 Å². The van der Waals surface area contributed by atoms with E-state index in [1.807, 2.05) is 0 Å². The molecule has 2 N–H and O–H groups in total. The molecule has 0 bridgehead atoms. The molecule has 18 heavy (non-hydrogen) atoms. The molecule has 0 aliphatic rings. The minimum absolute atomic E-state index is 0.781. The molecule has 0 spiro atoms. The van der Waals surface area contributed by atoms with E-state index in [0.717, 1.165) is 18.8 Å². The Kier molecular flexibility index (Phi) is 15.6. The summed E-state index contributed by atoms with van der Waals surface area (Å²) in [6, 6.07) is 0. The maximum Gasteiger partial charge on any atom is 0.0102 e. The number of thiol groups is 1. The van der Waals surface area contributed by atoms with Crippen molar-refractivity contribution in [3.8, 4) is 0 Å². The van der Waals surface area contributed by atoms with Crippen LogP contribution in [0.4, 0.5) is 0 Å². The van der Waals surface area contributed by atoms with Gasteiger partial charge in [0.15, 0.2) is 0 Å². The lowest BCUT2D eigenvalue weighted by Gasteiger charge is -2.14. The predicted octanol–water partition coefficient (Wildman–Crippen LogP) is 3.71. The summed E-state index contributed by atoms with van der Waals surface area (Å²) < 4.78 is 0. The first-order valence-electron chi connectivity index (χ1n) is 7.80. The number of unbranched alkanes of at least 4 members (excludes halogenated alkanes) is 9. The first kappa shape index (κ1) is 18.3. The average Bonchev–Trinajstić information content (AvgIpc) is 2.36. The monoisotopic (exact) mass is 274 g/mol. The van der Waals surface area contributed by atoms with E-state index in [1.54, 1.807) is 0 Å². The van der Waals surface area contributed by atoms with Crippen molar-refractivity contribution < 1.29 is 0 Å². The van der Waals surface area contributed by atoms with Gasteiger partial charge < -0.3 is 10.6 Å². The quantitative estimate of drug-likeness (QED) is 0.373. The summed E-state index contributed by atoms with van der Waals surface area (Å²) in [7, 11) is 2.16. The van der Waals surface area contributed by atoms with E-state index in [0.29, 0.717) is 0 Å². The SMILES string of the molecule is CN(CCN)CCCCCCCCCCCCS. The van der Waals surface area contributed by atoms with Gasteiger partial charge >= 0.3 is 0 Å². The van der Waals surface area contributed by atoms with Crippen LogP contribution in [-0.2, 0) is 0 Å². The highest BCUT2D eigenvalue weighted by atomic mass is 32.1. The van der Waals surface area contributed by atoms with Gasteiger partial charge in [0.2, 0.25) is 0 Å². The molecular formula is C15H34N2S. The van der Waals surface area contributed by atoms with Crippen LogP contribution in [-0.4, -0.2) is 37.3 Å². The lowest BCUT2D eigenvalue weighted by Crippen LogP contribution is -2.26. The summed E-state index contributed by atoms with van der Waals surface area (Å²) in [6.45, 7) is 3.02. The van der Waals surface area contributed by atoms with Crippen LogP contribution in [0, 0.1) is 0 Å². The van der Waals surface area contributed by atoms with Crippen molar-refractivity contribution in [3.63, 3.8) is 0 Å². The second-order valence-electron chi connectivity index (χ2n) is 5.35. The molecule has 0 saturated heterocycles. The van der Waals surface area contributed by atoms with E-state index in [1.165, 1.54) is 70.8 Å². The van der Waals surface area contributed by atoms with Crippen LogP contribution in [0.15, 0.2) is 0 Å². The lowest BCUT2D eigenvalue weighted by atomic mass is 10.1. The van der Waals surface area contributed by atoms with Crippen molar-refractivity contribution in [2.45, 2.75) is 64.2 Å². The van der Waals surface area contributed by atoms with Crippen LogP contribution in [0.3, 0.4) is 0 Å². The highest BCUT2D eigenvalue weighted by Crippen LogP contribution is 2.10. The zero-order valence-electron chi connectivity index (χ0n) is 12.4. The minimum atomic E-state index is 0.781. The largest absolute Gasteiger partial charge is 0.329 e. The Labute approximate surface area is 120 Å². The van der Waals surface area contributed by atoms with Crippen molar-refractivity contribution in [1.29, 1.82) is 0 Å². The van der Waals surface area contributed by atoms with E-state index >= 15 is 0 Å². The summed E-state index contributed by atoms with van der Waals surface area (Å²) >= 11 is 4.23. The Morgan fingerprint density at radius 2 is 1.17 bits per heavy atom. The highest BCUT2D eigenvalue weighted by Gasteiger charge is 1.96. The Balaban J connectivity index is 2.98. The van der Waals surface area contributed by atoms with E-state index in [2.05, 4.69) is 24.6 Å². The fraction of sp³-hybridized carbons (Fsp3) is 1.00. The van der Waals surface area contributed by atoms with E-state index in [4.69, 9.17) is 5.73 Å². The molecule has 0 aromatic rings. The van der Waals surface area contributed by atoms with Gasteiger partial charge in [0, 0.05) is 13.1 Å². The van der Waals surface area contributed by atoms with Gasteiger partial charge in [-0.2, -0.15) is 12.6 Å². The van der Waals surface area contributed by atoms with E-state index in [9.17, 15) is 0 Å². The van der Waals surface area contributed by atoms with Crippen LogP contribution in [0.5, 0.6) is 0 Å². The molecule has 0 aliphatic carbocycles. The van der Waals surface area contributed by atoms with Crippen LogP contribution in [0.1, 0.15) is 64.2 Å². The van der Waals surface area contributed by atoms with Gasteiger partial charge in [0.1, 0.15) is 0 Å². The Morgan fingerprint density at radius 3 is 1.61 bits per heavy atom. The number of hydrogen-bond donors (Lipinski definition) is 2. The number of rotatable bonds is 14. The summed E-state index contributed by atoms with van der Waals surface area (Å²) in [6.07, 6.45) is 13.9. The fourth-order valence-corrected chi connectivity index (χ4v) is 2.46. The van der Waals surface area contributed by atoms with Gasteiger partial charge in [-0.25, -0.2) is 0 Å². The van der Waals surface area contributed by atoms with Crippen LogP contribution in [0.25, 0.3) is 0 Å². The standard InChI is InChI=1S/C15H34N2S/c1-17(14-12-16)13-10-8-6-4-2-3-5-7-9-11-15-18/h18H,2-16H2,1H3. The summed E-state index contributed by atoms with van der Waals surface area (Å²) in [5, 5.41) is 0. The molecule has 0 aromatic carbocycles. The molecule has 0 aliphatic heterocycles. The molecule has 110 valence electrons. The van der Waals surface area contributed by atoms with E-state index < -0.39 is 0 Å². The molecule has 2 nitrogen and oxygen atoms in total. The Morgan fingerprint density at radius 1 is 0.722 bits per heavy atom. The Bertz CT molecular complexity index is 153. The Hall–Kier alpha value is 0.270. The number of nitrogens with zero attached hydrogens (tertiary/aromatic N) is 1. The fourth-order valence-electron chi connectivity index (χ4n) is 2.24. The zero-order valence-corrected chi connectivity index (χ0v) is 13.3. The smallest absolute Gasteiger partial charge is 0.0102 e. The molecule has 3 heteroatoms. The maximum atomic E-state index is 5.51. The van der Waals surface area contributed by atoms with Gasteiger partial charge in [-0.1, -0.05) is 51.4 Å². The van der Waals surface area contributed by atoms with Crippen molar-refractivity contribution in [2.75, 3.05) is 32.4 Å². The minimum Gasteiger partial charge on any atom is -0.329 e. The number of likely N-dealkylation sites (N-methyl/N-ethyl adjacent to an activating group) is 1. The van der Waals surface area contributed by atoms with Crippen molar-refractivity contribution in [3.05, 3.63) is 0 Å². The molecule has 0 radical (unpaired) electrons. The average molecular weight is 275 g/mol. The lowest BCUT2D eigenvalue weighted by molar-refractivity contribution is 0.332. The first-order valence-corrected chi connectivity index (χ1v) is 8.44. The third-order valence-electron chi connectivity index (χ3n) is 3.46. The highest BCUT2D eigenvalue weighted by molar-refractivity contribution is 7.80. The molecular weight excluding hydrogens is 240 g/mol. The predicted molar refractivity (Wildman–Crippen MR) is 86.6 cm³/mol. The molecule has 0 rings (SSSR count). The maximum absolute atomic E-state index is 5.51. The molecule has 0 atom stereocenters. The van der Waals surface area contributed by atoms with Gasteiger partial charge in [-0.3, -0.25) is 0 Å². The van der Waals surface area contributed by atoms with Crippen LogP contribution < -0.4 is 5.73 Å². The third-order valence-corrected chi connectivity index (χ3v) is 3.77. The first-order chi connectivity index (χ1) is 8.81. The van der Waals surface area contributed by atoms with Crippen molar-refractivity contribution in [1.82, 2.24) is 4.90 Å². The molecule has 0 amide bonds. The number of nitrogens with two attached hydrogens (primary N) is 1. The molecule has 0 unspecified atom stereocenters. The molecule has 0 heterocycles. The normalized spacial score (nSPS) is 11.3. The summed E-state index contributed by atoms with van der Waals surface area (Å²) in [5.41, 5.74) is 5.51.